The minimum atomic E-state index is 0.270. The zero-order valence-corrected chi connectivity index (χ0v) is 10.8. The molecule has 0 atom stereocenters. The number of halogens is 1. The number of nitrogens with one attached hydrogen (secondary N) is 1. The van der Waals surface area contributed by atoms with E-state index in [1.807, 2.05) is 6.07 Å². The first-order chi connectivity index (χ1) is 7.57. The molecule has 1 saturated carbocycles. The molecule has 1 heterocycles. The fourth-order valence-electron chi connectivity index (χ4n) is 2.32. The molecule has 0 aromatic carbocycles. The van der Waals surface area contributed by atoms with Crippen molar-refractivity contribution >= 4 is 11.6 Å². The van der Waals surface area contributed by atoms with Crippen molar-refractivity contribution in [1.29, 1.82) is 0 Å². The van der Waals surface area contributed by atoms with Crippen LogP contribution in [-0.4, -0.2) is 5.54 Å². The highest BCUT2D eigenvalue weighted by Gasteiger charge is 2.28. The molecule has 0 unspecified atom stereocenters. The summed E-state index contributed by atoms with van der Waals surface area (Å²) in [5.74, 6) is 1.80. The fourth-order valence-corrected chi connectivity index (χ4v) is 2.49. The predicted molar refractivity (Wildman–Crippen MR) is 66.6 cm³/mol. The molecule has 2 rings (SSSR count). The normalized spacial score (nSPS) is 30.6. The Morgan fingerprint density at radius 3 is 2.69 bits per heavy atom. The molecule has 0 spiro atoms. The topological polar surface area (TPSA) is 25.2 Å². The maximum atomic E-state index is 5.74. The van der Waals surface area contributed by atoms with Crippen LogP contribution in [-0.2, 0) is 6.54 Å². The van der Waals surface area contributed by atoms with Crippen molar-refractivity contribution in [2.45, 2.75) is 51.6 Å². The van der Waals surface area contributed by atoms with E-state index in [4.69, 9.17) is 16.0 Å². The molecule has 1 fully saturated rings. The lowest BCUT2D eigenvalue weighted by Crippen LogP contribution is -2.44. The third-order valence-corrected chi connectivity index (χ3v) is 3.90. The Balaban J connectivity index is 1.85. The van der Waals surface area contributed by atoms with Crippen LogP contribution in [0.3, 0.4) is 0 Å². The number of hydrogen-bond acceptors (Lipinski definition) is 2. The molecule has 1 N–H and O–H groups in total. The summed E-state index contributed by atoms with van der Waals surface area (Å²) in [6.45, 7) is 5.42. The molecule has 3 heteroatoms. The van der Waals surface area contributed by atoms with Gasteiger partial charge >= 0.3 is 0 Å². The lowest BCUT2D eigenvalue weighted by Gasteiger charge is -2.37. The smallest absolute Gasteiger partial charge is 0.193 e. The van der Waals surface area contributed by atoms with Crippen LogP contribution in [0.2, 0.25) is 5.22 Å². The van der Waals surface area contributed by atoms with E-state index in [1.165, 1.54) is 25.7 Å². The van der Waals surface area contributed by atoms with E-state index in [0.717, 1.165) is 18.2 Å². The van der Waals surface area contributed by atoms with Crippen LogP contribution >= 0.6 is 11.6 Å². The second-order valence-corrected chi connectivity index (χ2v) is 5.68. The largest absolute Gasteiger partial charge is 0.448 e. The molecule has 1 aliphatic carbocycles. The average Bonchev–Trinajstić information content (AvgIpc) is 2.67. The minimum Gasteiger partial charge on any atom is -0.448 e. The Labute approximate surface area is 102 Å². The van der Waals surface area contributed by atoms with Gasteiger partial charge in [0.1, 0.15) is 5.76 Å². The Morgan fingerprint density at radius 2 is 2.12 bits per heavy atom. The summed E-state index contributed by atoms with van der Waals surface area (Å²) in [6, 6.07) is 3.73. The Kier molecular flexibility index (Phi) is 3.60. The molecule has 0 saturated heterocycles. The lowest BCUT2D eigenvalue weighted by molar-refractivity contribution is 0.208. The Bertz CT molecular complexity index is 339. The first-order valence-electron chi connectivity index (χ1n) is 6.07. The SMILES string of the molecule is CC1CCC(C)(NCc2ccc(Cl)o2)CC1. The van der Waals surface area contributed by atoms with E-state index in [9.17, 15) is 0 Å². The molecule has 2 nitrogen and oxygen atoms in total. The summed E-state index contributed by atoms with van der Waals surface area (Å²) in [6.07, 6.45) is 5.15. The van der Waals surface area contributed by atoms with E-state index in [-0.39, 0.29) is 5.54 Å². The van der Waals surface area contributed by atoms with Gasteiger partial charge in [-0.2, -0.15) is 0 Å². The van der Waals surface area contributed by atoms with Crippen LogP contribution in [0.15, 0.2) is 16.5 Å². The van der Waals surface area contributed by atoms with Gasteiger partial charge in [-0.3, -0.25) is 0 Å². The first-order valence-corrected chi connectivity index (χ1v) is 6.44. The van der Waals surface area contributed by atoms with Gasteiger partial charge in [-0.15, -0.1) is 0 Å². The molecular weight excluding hydrogens is 222 g/mol. The van der Waals surface area contributed by atoms with Crippen molar-refractivity contribution in [3.8, 4) is 0 Å². The van der Waals surface area contributed by atoms with Gasteiger partial charge in [0.2, 0.25) is 0 Å². The molecular formula is C13H20ClNO. The molecule has 1 aromatic heterocycles. The summed E-state index contributed by atoms with van der Waals surface area (Å²) in [5.41, 5.74) is 0.270. The first kappa shape index (κ1) is 12.0. The molecule has 1 aliphatic rings. The molecule has 0 radical (unpaired) electrons. The van der Waals surface area contributed by atoms with Gasteiger partial charge in [-0.05, 0) is 62.3 Å². The predicted octanol–water partition coefficient (Wildman–Crippen LogP) is 3.99. The quantitative estimate of drug-likeness (QED) is 0.866. The molecule has 1 aromatic rings. The van der Waals surface area contributed by atoms with Gasteiger partial charge in [-0.25, -0.2) is 0 Å². The zero-order valence-electron chi connectivity index (χ0n) is 10.1. The number of furan rings is 1. The summed E-state index contributed by atoms with van der Waals surface area (Å²) in [7, 11) is 0. The van der Waals surface area contributed by atoms with Gasteiger partial charge in [0, 0.05) is 5.54 Å². The van der Waals surface area contributed by atoms with Crippen LogP contribution in [0, 0.1) is 5.92 Å². The average molecular weight is 242 g/mol. The Hall–Kier alpha value is -0.470. The summed E-state index contributed by atoms with van der Waals surface area (Å²) < 4.78 is 5.34. The second kappa shape index (κ2) is 4.80. The van der Waals surface area contributed by atoms with Crippen LogP contribution in [0.4, 0.5) is 0 Å². The third kappa shape index (κ3) is 3.02. The lowest BCUT2D eigenvalue weighted by atomic mass is 9.78. The van der Waals surface area contributed by atoms with E-state index in [1.54, 1.807) is 6.07 Å². The molecule has 0 aliphatic heterocycles. The summed E-state index contributed by atoms with van der Waals surface area (Å²) in [5, 5.41) is 4.07. The molecule has 0 amide bonds. The van der Waals surface area contributed by atoms with Crippen LogP contribution in [0.1, 0.15) is 45.3 Å². The van der Waals surface area contributed by atoms with E-state index in [2.05, 4.69) is 19.2 Å². The van der Waals surface area contributed by atoms with E-state index >= 15 is 0 Å². The Morgan fingerprint density at radius 1 is 1.44 bits per heavy atom. The maximum Gasteiger partial charge on any atom is 0.193 e. The molecule has 16 heavy (non-hydrogen) atoms. The molecule has 90 valence electrons. The number of hydrogen-bond donors (Lipinski definition) is 1. The standard InChI is InChI=1S/C13H20ClNO/c1-10-5-7-13(2,8-6-10)15-9-11-3-4-12(14)16-11/h3-4,10,15H,5-9H2,1-2H3. The highest BCUT2D eigenvalue weighted by molar-refractivity contribution is 6.28. The van der Waals surface area contributed by atoms with Gasteiger partial charge in [0.25, 0.3) is 0 Å². The van der Waals surface area contributed by atoms with E-state index < -0.39 is 0 Å². The van der Waals surface area contributed by atoms with Crippen molar-refractivity contribution in [2.24, 2.45) is 5.92 Å². The highest BCUT2D eigenvalue weighted by Crippen LogP contribution is 2.31. The zero-order chi connectivity index (χ0) is 11.6. The third-order valence-electron chi connectivity index (χ3n) is 3.70. The van der Waals surface area contributed by atoms with Crippen molar-refractivity contribution < 1.29 is 4.42 Å². The van der Waals surface area contributed by atoms with Crippen molar-refractivity contribution in [3.05, 3.63) is 23.1 Å². The van der Waals surface area contributed by atoms with Gasteiger partial charge in [0.15, 0.2) is 5.22 Å². The monoisotopic (exact) mass is 241 g/mol. The minimum absolute atomic E-state index is 0.270. The maximum absolute atomic E-state index is 5.74. The van der Waals surface area contributed by atoms with Gasteiger partial charge < -0.3 is 9.73 Å². The van der Waals surface area contributed by atoms with Crippen molar-refractivity contribution in [3.63, 3.8) is 0 Å². The van der Waals surface area contributed by atoms with Crippen molar-refractivity contribution in [1.82, 2.24) is 5.32 Å². The van der Waals surface area contributed by atoms with Crippen molar-refractivity contribution in [2.75, 3.05) is 0 Å². The number of rotatable bonds is 3. The molecule has 0 bridgehead atoms. The van der Waals surface area contributed by atoms with Gasteiger partial charge in [-0.1, -0.05) is 6.92 Å². The van der Waals surface area contributed by atoms with E-state index in [0.29, 0.717) is 5.22 Å². The van der Waals surface area contributed by atoms with Crippen LogP contribution in [0.25, 0.3) is 0 Å². The van der Waals surface area contributed by atoms with Crippen LogP contribution < -0.4 is 5.32 Å². The summed E-state index contributed by atoms with van der Waals surface area (Å²) in [4.78, 5) is 0. The summed E-state index contributed by atoms with van der Waals surface area (Å²) >= 11 is 5.74. The fraction of sp³-hybridized carbons (Fsp3) is 0.692. The van der Waals surface area contributed by atoms with Crippen LogP contribution in [0.5, 0.6) is 0 Å². The second-order valence-electron chi connectivity index (χ2n) is 5.30. The van der Waals surface area contributed by atoms with Gasteiger partial charge in [0.05, 0.1) is 6.54 Å². The highest BCUT2D eigenvalue weighted by atomic mass is 35.5.